The first-order valence-electron chi connectivity index (χ1n) is 2.21. The van der Waals surface area contributed by atoms with Crippen molar-refractivity contribution >= 4 is 11.5 Å². The molecule has 2 heterocycles. The molecule has 0 radical (unpaired) electrons. The molecule has 1 N–H and O–H groups in total. The van der Waals surface area contributed by atoms with Gasteiger partial charge >= 0.3 is 0 Å². The van der Waals surface area contributed by atoms with Gasteiger partial charge in [-0.1, -0.05) is 0 Å². The third kappa shape index (κ3) is 0.376. The molecule has 2 aliphatic heterocycles. The topological polar surface area (TPSA) is 41.6 Å². The second-order valence-electron chi connectivity index (χ2n) is 1.45. The highest BCUT2D eigenvalue weighted by Crippen LogP contribution is 2.18. The summed E-state index contributed by atoms with van der Waals surface area (Å²) in [4.78, 5) is 0. The first-order valence-corrected chi connectivity index (χ1v) is 2.99. The highest BCUT2D eigenvalue weighted by atomic mass is 32.1. The fourth-order valence-corrected chi connectivity index (χ4v) is 1.05. The molecule has 0 fully saturated rings. The van der Waals surface area contributed by atoms with Crippen LogP contribution in [0, 0.1) is 0 Å². The maximum absolute atomic E-state index is 3.90. The number of rotatable bonds is 0. The molecule has 0 amide bonds. The number of fused-ring (bicyclic) bond motifs is 1. The summed E-state index contributed by atoms with van der Waals surface area (Å²) in [7, 11) is 0. The summed E-state index contributed by atoms with van der Waals surface area (Å²) < 4.78 is 3.90. The van der Waals surface area contributed by atoms with E-state index in [0.29, 0.717) is 0 Å². The first kappa shape index (κ1) is 4.03. The molecule has 0 aromatic heterocycles. The maximum Gasteiger partial charge on any atom is 0.179 e. The number of H-pyrrole nitrogens is 1. The maximum atomic E-state index is 3.90. The van der Waals surface area contributed by atoms with Gasteiger partial charge in [-0.25, -0.2) is 0 Å². The van der Waals surface area contributed by atoms with Crippen LogP contribution in [-0.2, 0) is 0 Å². The largest absolute Gasteiger partial charge is 0.274 e. The second-order valence-corrected chi connectivity index (χ2v) is 2.23. The molecule has 0 saturated heterocycles. The Morgan fingerprint density at radius 1 is 1.62 bits per heavy atom. The Balaban J connectivity index is 2.78. The first-order chi connectivity index (χ1) is 3.97. The van der Waals surface area contributed by atoms with Gasteiger partial charge in [0.15, 0.2) is 5.01 Å². The van der Waals surface area contributed by atoms with Crippen molar-refractivity contribution in [3.8, 4) is 10.7 Å². The van der Waals surface area contributed by atoms with E-state index in [1.54, 1.807) is 6.20 Å². The summed E-state index contributed by atoms with van der Waals surface area (Å²) >= 11 is 1.40. The molecular formula is C4H3N3S. The van der Waals surface area contributed by atoms with E-state index in [0.717, 1.165) is 10.7 Å². The predicted molar refractivity (Wildman–Crippen MR) is 30.9 cm³/mol. The lowest BCUT2D eigenvalue weighted by Crippen LogP contribution is -1.95. The number of hydrogen-bond acceptors (Lipinski definition) is 3. The van der Waals surface area contributed by atoms with E-state index in [1.807, 2.05) is 6.07 Å². The summed E-state index contributed by atoms with van der Waals surface area (Å²) in [6, 6.07) is 1.90. The zero-order valence-corrected chi connectivity index (χ0v) is 4.77. The SMILES string of the molecule is c1cc2[nH]nc-2sn1. The second kappa shape index (κ2) is 1.29. The van der Waals surface area contributed by atoms with E-state index >= 15 is 0 Å². The smallest absolute Gasteiger partial charge is 0.179 e. The highest BCUT2D eigenvalue weighted by molar-refractivity contribution is 7.08. The molecule has 3 nitrogen and oxygen atoms in total. The van der Waals surface area contributed by atoms with E-state index in [9.17, 15) is 0 Å². The van der Waals surface area contributed by atoms with Gasteiger partial charge in [-0.2, -0.15) is 9.47 Å². The van der Waals surface area contributed by atoms with Gasteiger partial charge in [-0.3, -0.25) is 5.10 Å². The Bertz CT molecular complexity index is 221. The lowest BCUT2D eigenvalue weighted by atomic mass is 10.4. The van der Waals surface area contributed by atoms with Gasteiger partial charge in [0.2, 0.25) is 0 Å². The summed E-state index contributed by atoms with van der Waals surface area (Å²) in [5.74, 6) is 0. The minimum Gasteiger partial charge on any atom is -0.274 e. The van der Waals surface area contributed by atoms with Crippen LogP contribution in [0.4, 0.5) is 0 Å². The molecule has 0 unspecified atom stereocenters. The fourth-order valence-electron chi connectivity index (χ4n) is 0.530. The summed E-state index contributed by atoms with van der Waals surface area (Å²) in [5.41, 5.74) is 1.09. The molecule has 0 aromatic rings. The minimum absolute atomic E-state index is 0.993. The van der Waals surface area contributed by atoms with Crippen LogP contribution < -0.4 is 0 Å². The van der Waals surface area contributed by atoms with Crippen molar-refractivity contribution in [2.75, 3.05) is 0 Å². The lowest BCUT2D eigenvalue weighted by Gasteiger charge is -2.02. The van der Waals surface area contributed by atoms with Crippen molar-refractivity contribution < 1.29 is 0 Å². The molecule has 40 valence electrons. The molecule has 8 heavy (non-hydrogen) atoms. The van der Waals surface area contributed by atoms with E-state index in [2.05, 4.69) is 14.6 Å². The number of nitrogens with zero attached hydrogens (tertiary/aromatic N) is 2. The zero-order chi connectivity index (χ0) is 5.40. The number of aromatic nitrogens is 3. The Morgan fingerprint density at radius 3 is 3.00 bits per heavy atom. The van der Waals surface area contributed by atoms with E-state index in [-0.39, 0.29) is 0 Å². The van der Waals surface area contributed by atoms with Crippen LogP contribution in [0.25, 0.3) is 10.7 Å². The standard InChI is InChI=1S/C4H3N3S/c1-2-5-8-4-3(1)6-7-4/h1-2,6H. The zero-order valence-electron chi connectivity index (χ0n) is 3.96. The third-order valence-corrected chi connectivity index (χ3v) is 1.66. The Kier molecular flexibility index (Phi) is 0.648. The summed E-state index contributed by atoms with van der Waals surface area (Å²) in [5, 5.41) is 7.62. The van der Waals surface area contributed by atoms with Gasteiger partial charge in [-0.05, 0) is 17.6 Å². The molecule has 0 aromatic carbocycles. The van der Waals surface area contributed by atoms with E-state index in [4.69, 9.17) is 0 Å². The Labute approximate surface area is 49.9 Å². The molecule has 0 aliphatic carbocycles. The Hall–Kier alpha value is -0.900. The lowest BCUT2D eigenvalue weighted by molar-refractivity contribution is 0.986. The minimum atomic E-state index is 0.993. The molecule has 4 heteroatoms. The average Bonchev–Trinajstić information content (AvgIpc) is 1.72. The van der Waals surface area contributed by atoms with Crippen molar-refractivity contribution in [3.05, 3.63) is 12.3 Å². The van der Waals surface area contributed by atoms with Gasteiger partial charge in [0.05, 0.1) is 5.69 Å². The molecule has 0 atom stereocenters. The van der Waals surface area contributed by atoms with E-state index in [1.165, 1.54) is 11.5 Å². The Morgan fingerprint density at radius 2 is 2.62 bits per heavy atom. The van der Waals surface area contributed by atoms with Crippen LogP contribution in [0.5, 0.6) is 0 Å². The average molecular weight is 125 g/mol. The quantitative estimate of drug-likeness (QED) is 0.570. The van der Waals surface area contributed by atoms with Gasteiger partial charge in [0.25, 0.3) is 0 Å². The van der Waals surface area contributed by atoms with Crippen LogP contribution in [0.15, 0.2) is 12.3 Å². The molecule has 0 saturated carbocycles. The third-order valence-electron chi connectivity index (χ3n) is 0.950. The van der Waals surface area contributed by atoms with Crippen LogP contribution in [0.2, 0.25) is 0 Å². The highest BCUT2D eigenvalue weighted by Gasteiger charge is 2.04. The monoisotopic (exact) mass is 125 g/mol. The van der Waals surface area contributed by atoms with Gasteiger partial charge in [0, 0.05) is 6.20 Å². The summed E-state index contributed by atoms with van der Waals surface area (Å²) in [6.45, 7) is 0. The molecule has 0 spiro atoms. The van der Waals surface area contributed by atoms with Gasteiger partial charge in [0.1, 0.15) is 0 Å². The predicted octanol–water partition coefficient (Wildman–Crippen LogP) is 0.971. The number of aromatic amines is 1. The van der Waals surface area contributed by atoms with Gasteiger partial charge < -0.3 is 0 Å². The van der Waals surface area contributed by atoms with Crippen molar-refractivity contribution in [2.24, 2.45) is 0 Å². The number of hydrogen-bond donors (Lipinski definition) is 1. The van der Waals surface area contributed by atoms with E-state index < -0.39 is 0 Å². The normalized spacial score (nSPS) is 10.5. The molecule has 2 rings (SSSR count). The fraction of sp³-hybridized carbons (Fsp3) is 0. The van der Waals surface area contributed by atoms with Crippen LogP contribution in [0.1, 0.15) is 0 Å². The summed E-state index contributed by atoms with van der Waals surface area (Å²) in [6.07, 6.45) is 1.76. The van der Waals surface area contributed by atoms with Crippen LogP contribution in [-0.4, -0.2) is 14.6 Å². The van der Waals surface area contributed by atoms with Crippen molar-refractivity contribution in [3.63, 3.8) is 0 Å². The van der Waals surface area contributed by atoms with Crippen molar-refractivity contribution in [1.29, 1.82) is 0 Å². The molecular weight excluding hydrogens is 122 g/mol. The molecule has 2 aliphatic rings. The van der Waals surface area contributed by atoms with Crippen molar-refractivity contribution in [1.82, 2.24) is 14.6 Å². The van der Waals surface area contributed by atoms with Crippen molar-refractivity contribution in [2.45, 2.75) is 0 Å². The molecule has 0 bridgehead atoms. The van der Waals surface area contributed by atoms with Crippen LogP contribution in [0.3, 0.4) is 0 Å². The number of nitrogens with one attached hydrogen (secondary N) is 1. The van der Waals surface area contributed by atoms with Gasteiger partial charge in [-0.15, -0.1) is 0 Å². The van der Waals surface area contributed by atoms with Crippen LogP contribution >= 0.6 is 11.5 Å².